The molecular weight excluding hydrogens is 311 g/mol. The maximum Gasteiger partial charge on any atom is 0.255 e. The number of nitrogens with zero attached hydrogens (tertiary/aromatic N) is 2. The summed E-state index contributed by atoms with van der Waals surface area (Å²) in [5, 5.41) is 0. The SMILES string of the molecule is CCN1CCN(C(=O)c2cc(C)c(F)cc2Br)CC1. The van der Waals surface area contributed by atoms with Gasteiger partial charge in [0.25, 0.3) is 5.91 Å². The fraction of sp³-hybridized carbons (Fsp3) is 0.500. The van der Waals surface area contributed by atoms with E-state index in [2.05, 4.69) is 27.8 Å². The first-order chi connectivity index (χ1) is 9.02. The number of piperazine rings is 1. The lowest BCUT2D eigenvalue weighted by molar-refractivity contribution is 0.0642. The van der Waals surface area contributed by atoms with Crippen LogP contribution in [0.2, 0.25) is 0 Å². The van der Waals surface area contributed by atoms with E-state index in [9.17, 15) is 9.18 Å². The molecule has 0 aliphatic carbocycles. The van der Waals surface area contributed by atoms with Crippen molar-refractivity contribution in [2.75, 3.05) is 32.7 Å². The van der Waals surface area contributed by atoms with E-state index in [0.717, 1.165) is 32.7 Å². The normalized spacial score (nSPS) is 16.7. The van der Waals surface area contributed by atoms with E-state index in [0.29, 0.717) is 15.6 Å². The molecule has 1 amide bonds. The van der Waals surface area contributed by atoms with Crippen molar-refractivity contribution in [2.45, 2.75) is 13.8 Å². The summed E-state index contributed by atoms with van der Waals surface area (Å²) >= 11 is 3.28. The third-order valence-electron chi connectivity index (χ3n) is 3.59. The number of rotatable bonds is 2. The Kier molecular flexibility index (Phi) is 4.58. The van der Waals surface area contributed by atoms with E-state index < -0.39 is 0 Å². The minimum atomic E-state index is -0.292. The molecule has 2 rings (SSSR count). The molecular formula is C14H18BrFN2O. The van der Waals surface area contributed by atoms with E-state index in [1.807, 2.05) is 4.90 Å². The zero-order valence-corrected chi connectivity index (χ0v) is 12.8. The van der Waals surface area contributed by atoms with Crippen LogP contribution in [-0.4, -0.2) is 48.4 Å². The Morgan fingerprint density at radius 2 is 1.95 bits per heavy atom. The number of halogens is 2. The molecule has 1 aromatic carbocycles. The zero-order chi connectivity index (χ0) is 14.0. The molecule has 1 aliphatic heterocycles. The van der Waals surface area contributed by atoms with Gasteiger partial charge in [0.1, 0.15) is 5.82 Å². The summed E-state index contributed by atoms with van der Waals surface area (Å²) in [7, 11) is 0. The summed E-state index contributed by atoms with van der Waals surface area (Å²) < 4.78 is 13.9. The smallest absolute Gasteiger partial charge is 0.255 e. The first-order valence-electron chi connectivity index (χ1n) is 6.50. The highest BCUT2D eigenvalue weighted by Gasteiger charge is 2.23. The third kappa shape index (κ3) is 3.15. The minimum Gasteiger partial charge on any atom is -0.336 e. The molecule has 1 aliphatic rings. The van der Waals surface area contributed by atoms with Crippen LogP contribution in [0.25, 0.3) is 0 Å². The van der Waals surface area contributed by atoms with Crippen LogP contribution in [-0.2, 0) is 0 Å². The molecule has 1 saturated heterocycles. The van der Waals surface area contributed by atoms with Crippen LogP contribution in [0.4, 0.5) is 4.39 Å². The number of hydrogen-bond acceptors (Lipinski definition) is 2. The number of carbonyl (C=O) groups excluding carboxylic acids is 1. The van der Waals surface area contributed by atoms with Gasteiger partial charge in [-0.1, -0.05) is 6.92 Å². The van der Waals surface area contributed by atoms with Crippen molar-refractivity contribution in [1.82, 2.24) is 9.80 Å². The van der Waals surface area contributed by atoms with Gasteiger partial charge in [0.05, 0.1) is 5.56 Å². The monoisotopic (exact) mass is 328 g/mol. The lowest BCUT2D eigenvalue weighted by Gasteiger charge is -2.34. The summed E-state index contributed by atoms with van der Waals surface area (Å²) in [5.41, 5.74) is 1.04. The topological polar surface area (TPSA) is 23.6 Å². The van der Waals surface area contributed by atoms with Crippen molar-refractivity contribution in [3.05, 3.63) is 33.5 Å². The standard InChI is InChI=1S/C14H18BrFN2O/c1-3-17-4-6-18(7-5-17)14(19)11-8-10(2)13(16)9-12(11)15/h8-9H,3-7H2,1-2H3. The highest BCUT2D eigenvalue weighted by molar-refractivity contribution is 9.10. The molecule has 0 N–H and O–H groups in total. The second-order valence-corrected chi connectivity index (χ2v) is 5.66. The molecule has 1 aromatic rings. The van der Waals surface area contributed by atoms with Crippen LogP contribution >= 0.6 is 15.9 Å². The number of aryl methyl sites for hydroxylation is 1. The Hall–Kier alpha value is -0.940. The minimum absolute atomic E-state index is 0.0225. The van der Waals surface area contributed by atoms with E-state index in [1.54, 1.807) is 13.0 Å². The molecule has 0 bridgehead atoms. The Balaban J connectivity index is 2.14. The summed E-state index contributed by atoms with van der Waals surface area (Å²) in [5.74, 6) is -0.315. The summed E-state index contributed by atoms with van der Waals surface area (Å²) in [6.45, 7) is 8.08. The predicted molar refractivity (Wildman–Crippen MR) is 76.9 cm³/mol. The zero-order valence-electron chi connectivity index (χ0n) is 11.2. The highest BCUT2D eigenvalue weighted by Crippen LogP contribution is 2.23. The van der Waals surface area contributed by atoms with Crippen LogP contribution < -0.4 is 0 Å². The van der Waals surface area contributed by atoms with Gasteiger partial charge in [0.15, 0.2) is 0 Å². The largest absolute Gasteiger partial charge is 0.336 e. The molecule has 1 fully saturated rings. The lowest BCUT2D eigenvalue weighted by Crippen LogP contribution is -2.48. The summed E-state index contributed by atoms with van der Waals surface area (Å²) in [4.78, 5) is 16.6. The van der Waals surface area contributed by atoms with Crippen molar-refractivity contribution in [2.24, 2.45) is 0 Å². The number of amides is 1. The highest BCUT2D eigenvalue weighted by atomic mass is 79.9. The quantitative estimate of drug-likeness (QED) is 0.833. The maximum atomic E-state index is 13.4. The Morgan fingerprint density at radius 1 is 1.32 bits per heavy atom. The van der Waals surface area contributed by atoms with Crippen molar-refractivity contribution in [3.63, 3.8) is 0 Å². The van der Waals surface area contributed by atoms with Crippen LogP contribution in [0, 0.1) is 12.7 Å². The van der Waals surface area contributed by atoms with Gasteiger partial charge in [-0.15, -0.1) is 0 Å². The van der Waals surface area contributed by atoms with Crippen molar-refractivity contribution in [3.8, 4) is 0 Å². The van der Waals surface area contributed by atoms with Gasteiger partial charge < -0.3 is 9.80 Å². The Bertz CT molecular complexity index is 485. The molecule has 3 nitrogen and oxygen atoms in total. The average molecular weight is 329 g/mol. The second kappa shape index (κ2) is 6.01. The van der Waals surface area contributed by atoms with Crippen molar-refractivity contribution in [1.29, 1.82) is 0 Å². The van der Waals surface area contributed by atoms with E-state index in [4.69, 9.17) is 0 Å². The van der Waals surface area contributed by atoms with Gasteiger partial charge in [-0.3, -0.25) is 4.79 Å². The van der Waals surface area contributed by atoms with Gasteiger partial charge in [-0.2, -0.15) is 0 Å². The van der Waals surface area contributed by atoms with E-state index in [1.165, 1.54) is 6.07 Å². The first kappa shape index (κ1) is 14.5. The molecule has 0 atom stereocenters. The first-order valence-corrected chi connectivity index (χ1v) is 7.29. The molecule has 19 heavy (non-hydrogen) atoms. The summed E-state index contributed by atoms with van der Waals surface area (Å²) in [6.07, 6.45) is 0. The number of carbonyl (C=O) groups is 1. The Morgan fingerprint density at radius 3 is 2.53 bits per heavy atom. The third-order valence-corrected chi connectivity index (χ3v) is 4.24. The van der Waals surface area contributed by atoms with E-state index in [-0.39, 0.29) is 11.7 Å². The van der Waals surface area contributed by atoms with Crippen molar-refractivity contribution < 1.29 is 9.18 Å². The Labute approximate surface area is 121 Å². The average Bonchev–Trinajstić information content (AvgIpc) is 2.42. The van der Waals surface area contributed by atoms with Crippen LogP contribution in [0.1, 0.15) is 22.8 Å². The molecule has 104 valence electrons. The van der Waals surface area contributed by atoms with Gasteiger partial charge in [0, 0.05) is 30.7 Å². The predicted octanol–water partition coefficient (Wildman–Crippen LogP) is 2.67. The van der Waals surface area contributed by atoms with Crippen LogP contribution in [0.3, 0.4) is 0 Å². The van der Waals surface area contributed by atoms with Crippen LogP contribution in [0.15, 0.2) is 16.6 Å². The fourth-order valence-electron chi connectivity index (χ4n) is 2.26. The fourth-order valence-corrected chi connectivity index (χ4v) is 2.74. The molecule has 0 saturated carbocycles. The molecule has 0 unspecified atom stereocenters. The molecule has 5 heteroatoms. The number of hydrogen-bond donors (Lipinski definition) is 0. The van der Waals surface area contributed by atoms with E-state index >= 15 is 0 Å². The van der Waals surface area contributed by atoms with Crippen LogP contribution in [0.5, 0.6) is 0 Å². The van der Waals surface area contributed by atoms with Gasteiger partial charge >= 0.3 is 0 Å². The maximum absolute atomic E-state index is 13.4. The number of likely N-dealkylation sites (N-methyl/N-ethyl adjacent to an activating group) is 1. The van der Waals surface area contributed by atoms with Gasteiger partial charge in [-0.05, 0) is 47.1 Å². The van der Waals surface area contributed by atoms with Gasteiger partial charge in [0.2, 0.25) is 0 Å². The second-order valence-electron chi connectivity index (χ2n) is 4.81. The molecule has 1 heterocycles. The molecule has 0 spiro atoms. The molecule has 0 aromatic heterocycles. The lowest BCUT2D eigenvalue weighted by atomic mass is 10.1. The van der Waals surface area contributed by atoms with Gasteiger partial charge in [-0.25, -0.2) is 4.39 Å². The summed E-state index contributed by atoms with van der Waals surface area (Å²) in [6, 6.07) is 2.98. The number of benzene rings is 1. The van der Waals surface area contributed by atoms with Crippen molar-refractivity contribution >= 4 is 21.8 Å². The molecule has 0 radical (unpaired) electrons.